The van der Waals surface area contributed by atoms with Gasteiger partial charge in [-0.25, -0.2) is 0 Å². The Morgan fingerprint density at radius 1 is 1.33 bits per heavy atom. The highest BCUT2D eigenvalue weighted by molar-refractivity contribution is 5.25. The molecule has 1 aromatic carbocycles. The van der Waals surface area contributed by atoms with E-state index in [9.17, 15) is 13.2 Å². The van der Waals surface area contributed by atoms with Crippen molar-refractivity contribution >= 4 is 0 Å². The van der Waals surface area contributed by atoms with E-state index in [0.717, 1.165) is 11.1 Å². The van der Waals surface area contributed by atoms with Crippen molar-refractivity contribution in [1.29, 1.82) is 0 Å². The van der Waals surface area contributed by atoms with Crippen molar-refractivity contribution in [1.82, 2.24) is 4.90 Å². The van der Waals surface area contributed by atoms with Gasteiger partial charge >= 0.3 is 6.18 Å². The summed E-state index contributed by atoms with van der Waals surface area (Å²) in [5.74, 6) is 0. The summed E-state index contributed by atoms with van der Waals surface area (Å²) in [6.45, 7) is 3.26. The molecule has 0 aromatic heterocycles. The molecule has 1 aromatic rings. The predicted octanol–water partition coefficient (Wildman–Crippen LogP) is 2.88. The molecule has 1 unspecified atom stereocenters. The summed E-state index contributed by atoms with van der Waals surface area (Å²) in [4.78, 5) is 1.31. The zero-order valence-corrected chi connectivity index (χ0v) is 10.7. The number of hydrogen-bond acceptors (Lipinski definition) is 2. The fourth-order valence-corrected chi connectivity index (χ4v) is 1.84. The van der Waals surface area contributed by atoms with Crippen LogP contribution in [0.15, 0.2) is 24.3 Å². The molecular formula is C13H19F3N2. The van der Waals surface area contributed by atoms with Crippen molar-refractivity contribution in [2.45, 2.75) is 26.1 Å². The van der Waals surface area contributed by atoms with Gasteiger partial charge in [0.25, 0.3) is 0 Å². The normalized spacial score (nSPS) is 13.9. The molecule has 0 saturated heterocycles. The van der Waals surface area contributed by atoms with Gasteiger partial charge in [0.05, 0.1) is 6.54 Å². The van der Waals surface area contributed by atoms with E-state index in [1.165, 1.54) is 4.90 Å². The van der Waals surface area contributed by atoms with Gasteiger partial charge in [-0.2, -0.15) is 13.2 Å². The van der Waals surface area contributed by atoms with E-state index in [1.807, 2.05) is 31.2 Å². The van der Waals surface area contributed by atoms with Crippen LogP contribution in [-0.2, 0) is 0 Å². The molecule has 0 fully saturated rings. The summed E-state index contributed by atoms with van der Waals surface area (Å²) >= 11 is 0. The second-order valence-corrected chi connectivity index (χ2v) is 4.46. The molecule has 0 radical (unpaired) electrons. The number of nitrogens with zero attached hydrogens (tertiary/aromatic N) is 1. The second kappa shape index (κ2) is 6.20. The van der Waals surface area contributed by atoms with Crippen molar-refractivity contribution in [3.8, 4) is 0 Å². The minimum absolute atomic E-state index is 0.208. The van der Waals surface area contributed by atoms with Crippen molar-refractivity contribution in [2.24, 2.45) is 5.73 Å². The summed E-state index contributed by atoms with van der Waals surface area (Å²) in [6, 6.07) is 7.16. The zero-order valence-electron chi connectivity index (χ0n) is 10.7. The first kappa shape index (κ1) is 15.0. The van der Waals surface area contributed by atoms with Crippen molar-refractivity contribution < 1.29 is 13.2 Å². The van der Waals surface area contributed by atoms with Crippen molar-refractivity contribution in [2.75, 3.05) is 19.6 Å². The van der Waals surface area contributed by atoms with Gasteiger partial charge < -0.3 is 5.73 Å². The van der Waals surface area contributed by atoms with Gasteiger partial charge in [-0.05, 0) is 19.0 Å². The number of halogens is 3. The highest BCUT2D eigenvalue weighted by Crippen LogP contribution is 2.19. The first-order valence-corrected chi connectivity index (χ1v) is 5.93. The molecule has 2 N–H and O–H groups in total. The highest BCUT2D eigenvalue weighted by Gasteiger charge is 2.30. The Kier molecular flexibility index (Phi) is 5.16. The lowest BCUT2D eigenvalue weighted by molar-refractivity contribution is -0.145. The molecule has 0 aliphatic rings. The van der Waals surface area contributed by atoms with E-state index in [4.69, 9.17) is 5.73 Å². The van der Waals surface area contributed by atoms with E-state index < -0.39 is 18.8 Å². The molecular weight excluding hydrogens is 241 g/mol. The average molecular weight is 260 g/mol. The second-order valence-electron chi connectivity index (χ2n) is 4.46. The van der Waals surface area contributed by atoms with Crippen molar-refractivity contribution in [3.63, 3.8) is 0 Å². The lowest BCUT2D eigenvalue weighted by atomic mass is 10.0. The van der Waals surface area contributed by atoms with E-state index in [0.29, 0.717) is 6.54 Å². The molecule has 0 heterocycles. The van der Waals surface area contributed by atoms with Crippen LogP contribution in [0.2, 0.25) is 0 Å². The fourth-order valence-electron chi connectivity index (χ4n) is 1.84. The van der Waals surface area contributed by atoms with Crippen LogP contribution in [0, 0.1) is 6.92 Å². The van der Waals surface area contributed by atoms with Gasteiger partial charge in [-0.15, -0.1) is 0 Å². The molecule has 18 heavy (non-hydrogen) atoms. The number of nitrogens with two attached hydrogens (primary N) is 1. The van der Waals surface area contributed by atoms with Crippen LogP contribution < -0.4 is 5.73 Å². The van der Waals surface area contributed by atoms with E-state index in [1.54, 1.807) is 6.92 Å². The van der Waals surface area contributed by atoms with Gasteiger partial charge in [-0.3, -0.25) is 4.90 Å². The standard InChI is InChI=1S/C13H19F3N2/c1-3-18(9-13(14,15)16)8-12(17)11-6-4-5-10(2)7-11/h4-7,12H,3,8-9,17H2,1-2H3. The minimum atomic E-state index is -4.18. The van der Waals surface area contributed by atoms with Crippen LogP contribution in [0.4, 0.5) is 13.2 Å². The number of hydrogen-bond donors (Lipinski definition) is 1. The topological polar surface area (TPSA) is 29.3 Å². The Hall–Kier alpha value is -1.07. The monoisotopic (exact) mass is 260 g/mol. The summed E-state index contributed by atoms with van der Waals surface area (Å²) in [6.07, 6.45) is -4.18. The minimum Gasteiger partial charge on any atom is -0.323 e. The largest absolute Gasteiger partial charge is 0.401 e. The summed E-state index contributed by atoms with van der Waals surface area (Å²) in [7, 11) is 0. The molecule has 0 aliphatic heterocycles. The van der Waals surface area contributed by atoms with Crippen LogP contribution in [-0.4, -0.2) is 30.7 Å². The average Bonchev–Trinajstić information content (AvgIpc) is 2.26. The van der Waals surface area contributed by atoms with Gasteiger partial charge in [0.1, 0.15) is 0 Å². The molecule has 0 aliphatic carbocycles. The Morgan fingerprint density at radius 3 is 2.50 bits per heavy atom. The first-order valence-electron chi connectivity index (χ1n) is 5.93. The molecule has 2 nitrogen and oxygen atoms in total. The van der Waals surface area contributed by atoms with Crippen LogP contribution in [0.1, 0.15) is 24.1 Å². The maximum absolute atomic E-state index is 12.3. The Labute approximate surface area is 106 Å². The molecule has 0 saturated carbocycles. The summed E-state index contributed by atoms with van der Waals surface area (Å²) in [5.41, 5.74) is 7.88. The molecule has 5 heteroatoms. The zero-order chi connectivity index (χ0) is 13.8. The number of rotatable bonds is 5. The third kappa shape index (κ3) is 5.06. The third-order valence-electron chi connectivity index (χ3n) is 2.78. The van der Waals surface area contributed by atoms with E-state index in [2.05, 4.69) is 0 Å². The van der Waals surface area contributed by atoms with Crippen LogP contribution >= 0.6 is 0 Å². The van der Waals surface area contributed by atoms with Gasteiger partial charge in [0.2, 0.25) is 0 Å². The molecule has 1 rings (SSSR count). The number of likely N-dealkylation sites (N-methyl/N-ethyl adjacent to an activating group) is 1. The van der Waals surface area contributed by atoms with E-state index >= 15 is 0 Å². The summed E-state index contributed by atoms with van der Waals surface area (Å²) in [5, 5.41) is 0. The van der Waals surface area contributed by atoms with Crippen LogP contribution in [0.5, 0.6) is 0 Å². The molecule has 0 amide bonds. The molecule has 1 atom stereocenters. The Bertz CT molecular complexity index is 377. The number of alkyl halides is 3. The van der Waals surface area contributed by atoms with Gasteiger partial charge in [0.15, 0.2) is 0 Å². The van der Waals surface area contributed by atoms with Crippen molar-refractivity contribution in [3.05, 3.63) is 35.4 Å². The van der Waals surface area contributed by atoms with Gasteiger partial charge in [0, 0.05) is 12.6 Å². The highest BCUT2D eigenvalue weighted by atomic mass is 19.4. The van der Waals surface area contributed by atoms with Gasteiger partial charge in [-0.1, -0.05) is 36.8 Å². The molecule has 0 bridgehead atoms. The maximum Gasteiger partial charge on any atom is 0.401 e. The smallest absolute Gasteiger partial charge is 0.323 e. The SMILES string of the molecule is CCN(CC(N)c1cccc(C)c1)CC(F)(F)F. The van der Waals surface area contributed by atoms with Crippen LogP contribution in [0.25, 0.3) is 0 Å². The van der Waals surface area contributed by atoms with Crippen LogP contribution in [0.3, 0.4) is 0 Å². The maximum atomic E-state index is 12.3. The lowest BCUT2D eigenvalue weighted by Crippen LogP contribution is -2.38. The fraction of sp³-hybridized carbons (Fsp3) is 0.538. The molecule has 102 valence electrons. The number of aryl methyl sites for hydroxylation is 1. The predicted molar refractivity (Wildman–Crippen MR) is 66.3 cm³/mol. The summed E-state index contributed by atoms with van der Waals surface area (Å²) < 4.78 is 37.0. The van der Waals surface area contributed by atoms with E-state index in [-0.39, 0.29) is 6.54 Å². The quantitative estimate of drug-likeness (QED) is 0.882. The Balaban J connectivity index is 2.65. The number of benzene rings is 1. The third-order valence-corrected chi connectivity index (χ3v) is 2.78. The lowest BCUT2D eigenvalue weighted by Gasteiger charge is -2.25. The first-order chi connectivity index (χ1) is 8.31. The molecule has 0 spiro atoms. The Morgan fingerprint density at radius 2 is 2.00 bits per heavy atom.